The molecule has 0 radical (unpaired) electrons. The summed E-state index contributed by atoms with van der Waals surface area (Å²) in [6, 6.07) is 25.8. The first kappa shape index (κ1) is 19.5. The van der Waals surface area contributed by atoms with Gasteiger partial charge in [-0.3, -0.25) is 0 Å². The van der Waals surface area contributed by atoms with Gasteiger partial charge in [-0.25, -0.2) is 0 Å². The normalized spacial score (nSPS) is 20.3. The van der Waals surface area contributed by atoms with Gasteiger partial charge in [0.2, 0.25) is 0 Å². The van der Waals surface area contributed by atoms with Crippen LogP contribution in [0.4, 0.5) is 0 Å². The molecule has 0 aromatic heterocycles. The number of hydrazone groups is 2. The molecule has 150 valence electrons. The molecule has 0 amide bonds. The molecular weight excluding hydrogens is 504 g/mol. The maximum absolute atomic E-state index is 4.62. The van der Waals surface area contributed by atoms with Crippen molar-refractivity contribution >= 4 is 43.3 Å². The molecule has 0 fully saturated rings. The van der Waals surface area contributed by atoms with Gasteiger partial charge in [0, 0.05) is 21.8 Å². The molecule has 0 saturated carbocycles. The quantitative estimate of drug-likeness (QED) is 0.434. The minimum atomic E-state index is 0.212. The summed E-state index contributed by atoms with van der Waals surface area (Å²) < 4.78 is 2.18. The van der Waals surface area contributed by atoms with Gasteiger partial charge in [-0.2, -0.15) is 10.2 Å². The number of nitrogens with one attached hydrogen (secondary N) is 2. The Morgan fingerprint density at radius 2 is 1.07 bits per heavy atom. The second-order valence-corrected chi connectivity index (χ2v) is 9.40. The van der Waals surface area contributed by atoms with Crippen LogP contribution in [-0.4, -0.2) is 11.4 Å². The fourth-order valence-electron chi connectivity index (χ4n) is 3.90. The SMILES string of the molecule is Brc1ccc(C2CC(c3cccc(C4=NNC(c5ccc(Br)cc5)C4)c3)=NN2)cc1. The average molecular weight is 524 g/mol. The third-order valence-electron chi connectivity index (χ3n) is 5.58. The Hall–Kier alpha value is -2.44. The van der Waals surface area contributed by atoms with Crippen molar-refractivity contribution in [2.24, 2.45) is 10.2 Å². The van der Waals surface area contributed by atoms with Crippen LogP contribution in [0.1, 0.15) is 47.2 Å². The van der Waals surface area contributed by atoms with E-state index in [4.69, 9.17) is 0 Å². The number of rotatable bonds is 4. The van der Waals surface area contributed by atoms with E-state index in [-0.39, 0.29) is 12.1 Å². The summed E-state index contributed by atoms with van der Waals surface area (Å²) in [5.74, 6) is 0. The van der Waals surface area contributed by atoms with Crippen molar-refractivity contribution in [3.8, 4) is 0 Å². The third-order valence-corrected chi connectivity index (χ3v) is 6.64. The second kappa shape index (κ2) is 8.36. The molecule has 2 unspecified atom stereocenters. The second-order valence-electron chi connectivity index (χ2n) is 7.57. The van der Waals surface area contributed by atoms with Gasteiger partial charge < -0.3 is 10.9 Å². The van der Waals surface area contributed by atoms with E-state index in [1.807, 2.05) is 0 Å². The molecule has 2 aliphatic heterocycles. The molecule has 5 rings (SSSR count). The van der Waals surface area contributed by atoms with E-state index < -0.39 is 0 Å². The monoisotopic (exact) mass is 522 g/mol. The van der Waals surface area contributed by atoms with E-state index in [9.17, 15) is 0 Å². The van der Waals surface area contributed by atoms with Crippen LogP contribution in [0.3, 0.4) is 0 Å². The minimum absolute atomic E-state index is 0.212. The Morgan fingerprint density at radius 1 is 0.633 bits per heavy atom. The maximum Gasteiger partial charge on any atom is 0.0745 e. The van der Waals surface area contributed by atoms with Crippen LogP contribution in [-0.2, 0) is 0 Å². The molecule has 2 aliphatic rings. The summed E-state index contributed by atoms with van der Waals surface area (Å²) in [7, 11) is 0. The summed E-state index contributed by atoms with van der Waals surface area (Å²) >= 11 is 6.99. The van der Waals surface area contributed by atoms with Gasteiger partial charge in [0.25, 0.3) is 0 Å². The largest absolute Gasteiger partial charge is 0.302 e. The molecule has 2 heterocycles. The number of halogens is 2. The lowest BCUT2D eigenvalue weighted by atomic mass is 9.95. The zero-order chi connectivity index (χ0) is 20.5. The van der Waals surface area contributed by atoms with E-state index in [1.54, 1.807) is 0 Å². The molecule has 3 aromatic carbocycles. The summed E-state index contributed by atoms with van der Waals surface area (Å²) in [5.41, 5.74) is 13.5. The van der Waals surface area contributed by atoms with Gasteiger partial charge in [0.1, 0.15) is 0 Å². The molecule has 0 spiro atoms. The fourth-order valence-corrected chi connectivity index (χ4v) is 4.43. The predicted molar refractivity (Wildman–Crippen MR) is 129 cm³/mol. The number of hydrogen-bond acceptors (Lipinski definition) is 4. The number of nitrogens with zero attached hydrogens (tertiary/aromatic N) is 2. The Morgan fingerprint density at radius 3 is 1.50 bits per heavy atom. The van der Waals surface area contributed by atoms with Gasteiger partial charge in [0.15, 0.2) is 0 Å². The van der Waals surface area contributed by atoms with Crippen molar-refractivity contribution < 1.29 is 0 Å². The summed E-state index contributed by atoms with van der Waals surface area (Å²) in [5, 5.41) is 9.24. The zero-order valence-corrected chi connectivity index (χ0v) is 19.3. The van der Waals surface area contributed by atoms with Crippen LogP contribution in [0.5, 0.6) is 0 Å². The highest BCUT2D eigenvalue weighted by Gasteiger charge is 2.24. The highest BCUT2D eigenvalue weighted by Crippen LogP contribution is 2.28. The van der Waals surface area contributed by atoms with Gasteiger partial charge in [-0.1, -0.05) is 74.3 Å². The lowest BCUT2D eigenvalue weighted by molar-refractivity contribution is 0.620. The van der Waals surface area contributed by atoms with Crippen molar-refractivity contribution in [2.75, 3.05) is 0 Å². The molecule has 2 atom stereocenters. The van der Waals surface area contributed by atoms with Crippen LogP contribution >= 0.6 is 31.9 Å². The van der Waals surface area contributed by atoms with Crippen LogP contribution in [0, 0.1) is 0 Å². The topological polar surface area (TPSA) is 48.8 Å². The van der Waals surface area contributed by atoms with Crippen molar-refractivity contribution in [1.82, 2.24) is 10.9 Å². The molecule has 2 N–H and O–H groups in total. The van der Waals surface area contributed by atoms with E-state index in [1.165, 1.54) is 11.1 Å². The summed E-state index contributed by atoms with van der Waals surface area (Å²) in [4.78, 5) is 0. The van der Waals surface area contributed by atoms with Gasteiger partial charge >= 0.3 is 0 Å². The van der Waals surface area contributed by atoms with E-state index in [0.29, 0.717) is 0 Å². The zero-order valence-electron chi connectivity index (χ0n) is 16.1. The predicted octanol–water partition coefficient (Wildman–Crippen LogP) is 6.09. The molecule has 3 aromatic rings. The van der Waals surface area contributed by atoms with Crippen LogP contribution in [0.25, 0.3) is 0 Å². The Bertz CT molecular complexity index is 1030. The molecule has 0 saturated heterocycles. The van der Waals surface area contributed by atoms with Crippen molar-refractivity contribution in [3.63, 3.8) is 0 Å². The van der Waals surface area contributed by atoms with Crippen molar-refractivity contribution in [2.45, 2.75) is 24.9 Å². The Balaban J connectivity index is 1.29. The van der Waals surface area contributed by atoms with Crippen molar-refractivity contribution in [3.05, 3.63) is 104 Å². The maximum atomic E-state index is 4.62. The van der Waals surface area contributed by atoms with E-state index in [2.05, 4.69) is 126 Å². The van der Waals surface area contributed by atoms with E-state index >= 15 is 0 Å². The number of hydrogen-bond donors (Lipinski definition) is 2. The average Bonchev–Trinajstić information content (AvgIpc) is 3.45. The van der Waals surface area contributed by atoms with Crippen LogP contribution < -0.4 is 10.9 Å². The highest BCUT2D eigenvalue weighted by molar-refractivity contribution is 9.10. The third kappa shape index (κ3) is 4.07. The fraction of sp³-hybridized carbons (Fsp3) is 0.167. The Labute approximate surface area is 192 Å². The lowest BCUT2D eigenvalue weighted by Gasteiger charge is -2.11. The minimum Gasteiger partial charge on any atom is -0.302 e. The first-order valence-corrected chi connectivity index (χ1v) is 11.5. The number of benzene rings is 3. The van der Waals surface area contributed by atoms with E-state index in [0.717, 1.165) is 44.3 Å². The smallest absolute Gasteiger partial charge is 0.0745 e. The summed E-state index contributed by atoms with van der Waals surface area (Å²) in [6.45, 7) is 0. The molecule has 0 aliphatic carbocycles. The van der Waals surface area contributed by atoms with Crippen LogP contribution in [0.2, 0.25) is 0 Å². The van der Waals surface area contributed by atoms with Crippen LogP contribution in [0.15, 0.2) is 91.9 Å². The molecule has 30 heavy (non-hydrogen) atoms. The van der Waals surface area contributed by atoms with Gasteiger partial charge in [0.05, 0.1) is 23.5 Å². The van der Waals surface area contributed by atoms with Crippen molar-refractivity contribution in [1.29, 1.82) is 0 Å². The highest BCUT2D eigenvalue weighted by atomic mass is 79.9. The van der Waals surface area contributed by atoms with Gasteiger partial charge in [-0.15, -0.1) is 0 Å². The molecule has 4 nitrogen and oxygen atoms in total. The summed E-state index contributed by atoms with van der Waals surface area (Å²) in [6.07, 6.45) is 1.74. The van der Waals surface area contributed by atoms with Gasteiger partial charge in [-0.05, 0) is 52.6 Å². The first-order valence-electron chi connectivity index (χ1n) is 9.91. The lowest BCUT2D eigenvalue weighted by Crippen LogP contribution is -2.10. The molecular formula is C24H20Br2N4. The first-order chi connectivity index (χ1) is 14.7. The molecule has 0 bridgehead atoms. The molecule has 6 heteroatoms. The standard InChI is InChI=1S/C24H20Br2N4/c25-19-8-4-15(5-9-19)21-13-23(29-27-21)17-2-1-3-18(12-17)24-14-22(28-30-24)16-6-10-20(26)11-7-16/h1-12,21-22,27-28H,13-14H2. The Kier molecular flexibility index (Phi) is 5.44.